The standard InChI is InChI=1S/C10H13N3O2S/c14-10(15)8-4-13-9(5-11-8)12-3-7-1-2-16-6-7/h4-5,7H,1-3,6H2,(H,12,13)(H,14,15). The van der Waals surface area contributed by atoms with Crippen molar-refractivity contribution in [3.63, 3.8) is 0 Å². The van der Waals surface area contributed by atoms with Gasteiger partial charge in [-0.25, -0.2) is 14.8 Å². The van der Waals surface area contributed by atoms with Crippen LogP contribution in [-0.2, 0) is 0 Å². The lowest BCUT2D eigenvalue weighted by Crippen LogP contribution is -2.14. The lowest BCUT2D eigenvalue weighted by molar-refractivity contribution is 0.0690. The number of nitrogens with zero attached hydrogens (tertiary/aromatic N) is 2. The van der Waals surface area contributed by atoms with Gasteiger partial charge >= 0.3 is 5.97 Å². The van der Waals surface area contributed by atoms with Gasteiger partial charge in [0, 0.05) is 6.54 Å². The maximum absolute atomic E-state index is 10.6. The third-order valence-corrected chi connectivity index (χ3v) is 3.70. The van der Waals surface area contributed by atoms with Gasteiger partial charge in [0.15, 0.2) is 5.69 Å². The number of hydrogen-bond donors (Lipinski definition) is 2. The molecular weight excluding hydrogens is 226 g/mol. The molecule has 86 valence electrons. The molecule has 2 N–H and O–H groups in total. The molecule has 1 fully saturated rings. The lowest BCUT2D eigenvalue weighted by Gasteiger charge is -2.09. The minimum absolute atomic E-state index is 0.0260. The maximum atomic E-state index is 10.6. The van der Waals surface area contributed by atoms with E-state index in [1.807, 2.05) is 11.8 Å². The quantitative estimate of drug-likeness (QED) is 0.826. The predicted molar refractivity (Wildman–Crippen MR) is 62.9 cm³/mol. The second-order valence-electron chi connectivity index (χ2n) is 3.70. The van der Waals surface area contributed by atoms with Crippen molar-refractivity contribution >= 4 is 23.5 Å². The van der Waals surface area contributed by atoms with Crippen molar-refractivity contribution in [3.05, 3.63) is 18.1 Å². The van der Waals surface area contributed by atoms with E-state index in [1.54, 1.807) is 0 Å². The number of hydrogen-bond acceptors (Lipinski definition) is 5. The highest BCUT2D eigenvalue weighted by atomic mass is 32.2. The Labute approximate surface area is 97.7 Å². The first-order chi connectivity index (χ1) is 7.75. The smallest absolute Gasteiger partial charge is 0.356 e. The van der Waals surface area contributed by atoms with Gasteiger partial charge in [0.2, 0.25) is 0 Å². The largest absolute Gasteiger partial charge is 0.476 e. The Morgan fingerprint density at radius 2 is 2.44 bits per heavy atom. The summed E-state index contributed by atoms with van der Waals surface area (Å²) in [4.78, 5) is 18.3. The van der Waals surface area contributed by atoms with Crippen LogP contribution in [-0.4, -0.2) is 39.1 Å². The third kappa shape index (κ3) is 2.85. The molecule has 16 heavy (non-hydrogen) atoms. The molecule has 2 heterocycles. The van der Waals surface area contributed by atoms with Crippen molar-refractivity contribution in [2.75, 3.05) is 23.4 Å². The summed E-state index contributed by atoms with van der Waals surface area (Å²) in [6.07, 6.45) is 3.97. The summed E-state index contributed by atoms with van der Waals surface area (Å²) < 4.78 is 0. The molecule has 2 rings (SSSR count). The van der Waals surface area contributed by atoms with Crippen LogP contribution in [0.1, 0.15) is 16.9 Å². The molecule has 1 aliphatic rings. The van der Waals surface area contributed by atoms with Crippen LogP contribution >= 0.6 is 11.8 Å². The summed E-state index contributed by atoms with van der Waals surface area (Å²) in [7, 11) is 0. The summed E-state index contributed by atoms with van der Waals surface area (Å²) in [5.74, 6) is 2.70. The minimum atomic E-state index is -1.05. The monoisotopic (exact) mass is 239 g/mol. The van der Waals surface area contributed by atoms with Crippen LogP contribution < -0.4 is 5.32 Å². The molecule has 1 atom stereocenters. The summed E-state index contributed by atoms with van der Waals surface area (Å²) in [6, 6.07) is 0. The molecule has 0 saturated carbocycles. The van der Waals surface area contributed by atoms with E-state index in [2.05, 4.69) is 15.3 Å². The maximum Gasteiger partial charge on any atom is 0.356 e. The molecule has 1 aromatic rings. The molecule has 0 radical (unpaired) electrons. The summed E-state index contributed by atoms with van der Waals surface area (Å²) in [5.41, 5.74) is -0.0260. The van der Waals surface area contributed by atoms with Gasteiger partial charge in [0.05, 0.1) is 12.4 Å². The Balaban J connectivity index is 1.87. The van der Waals surface area contributed by atoms with E-state index in [0.717, 1.165) is 6.54 Å². The predicted octanol–water partition coefficient (Wildman–Crippen LogP) is 1.34. The highest BCUT2D eigenvalue weighted by Crippen LogP contribution is 2.23. The number of carboxylic acids is 1. The number of anilines is 1. The van der Waals surface area contributed by atoms with Crippen molar-refractivity contribution in [1.82, 2.24) is 9.97 Å². The molecule has 0 spiro atoms. The molecule has 0 aromatic carbocycles. The second kappa shape index (κ2) is 5.16. The zero-order valence-electron chi connectivity index (χ0n) is 8.72. The van der Waals surface area contributed by atoms with Crippen molar-refractivity contribution in [2.24, 2.45) is 5.92 Å². The molecule has 0 amide bonds. The Morgan fingerprint density at radius 3 is 3.00 bits per heavy atom. The van der Waals surface area contributed by atoms with Gasteiger partial charge in [-0.05, 0) is 23.8 Å². The van der Waals surface area contributed by atoms with E-state index in [1.165, 1.54) is 30.3 Å². The molecule has 1 saturated heterocycles. The summed E-state index contributed by atoms with van der Waals surface area (Å²) in [5, 5.41) is 11.8. The van der Waals surface area contributed by atoms with Gasteiger partial charge in [0.25, 0.3) is 0 Å². The molecule has 1 unspecified atom stereocenters. The SMILES string of the molecule is O=C(O)c1cnc(NCC2CCSC2)cn1. The number of rotatable bonds is 4. The zero-order valence-corrected chi connectivity index (χ0v) is 9.54. The van der Waals surface area contributed by atoms with Crippen LogP contribution in [0.25, 0.3) is 0 Å². The van der Waals surface area contributed by atoms with E-state index in [9.17, 15) is 4.79 Å². The molecule has 6 heteroatoms. The topological polar surface area (TPSA) is 75.1 Å². The first-order valence-corrected chi connectivity index (χ1v) is 6.28. The third-order valence-electron chi connectivity index (χ3n) is 2.47. The van der Waals surface area contributed by atoms with Crippen molar-refractivity contribution < 1.29 is 9.90 Å². The number of nitrogens with one attached hydrogen (secondary N) is 1. The van der Waals surface area contributed by atoms with Crippen LogP contribution in [0, 0.1) is 5.92 Å². The van der Waals surface area contributed by atoms with Crippen LogP contribution in [0.2, 0.25) is 0 Å². The van der Waals surface area contributed by atoms with Crippen LogP contribution in [0.3, 0.4) is 0 Å². The Bertz CT molecular complexity index is 363. The second-order valence-corrected chi connectivity index (χ2v) is 4.85. The molecule has 1 aromatic heterocycles. The van der Waals surface area contributed by atoms with Gasteiger partial charge < -0.3 is 10.4 Å². The Hall–Kier alpha value is -1.30. The fourth-order valence-electron chi connectivity index (χ4n) is 1.52. The number of thioether (sulfide) groups is 1. The van der Waals surface area contributed by atoms with Crippen molar-refractivity contribution in [3.8, 4) is 0 Å². The number of carbonyl (C=O) groups is 1. The fraction of sp³-hybridized carbons (Fsp3) is 0.500. The van der Waals surface area contributed by atoms with Gasteiger partial charge in [-0.2, -0.15) is 11.8 Å². The Morgan fingerprint density at radius 1 is 1.56 bits per heavy atom. The van der Waals surface area contributed by atoms with Crippen LogP contribution in [0.5, 0.6) is 0 Å². The summed E-state index contributed by atoms with van der Waals surface area (Å²) >= 11 is 1.97. The zero-order chi connectivity index (χ0) is 11.4. The highest BCUT2D eigenvalue weighted by Gasteiger charge is 2.15. The van der Waals surface area contributed by atoms with E-state index >= 15 is 0 Å². The average Bonchev–Trinajstić information content (AvgIpc) is 2.80. The van der Waals surface area contributed by atoms with Crippen molar-refractivity contribution in [1.29, 1.82) is 0 Å². The molecule has 0 bridgehead atoms. The van der Waals surface area contributed by atoms with E-state index in [4.69, 9.17) is 5.11 Å². The molecular formula is C10H13N3O2S. The summed E-state index contributed by atoms with van der Waals surface area (Å²) in [6.45, 7) is 0.883. The fourth-order valence-corrected chi connectivity index (χ4v) is 2.81. The highest BCUT2D eigenvalue weighted by molar-refractivity contribution is 7.99. The van der Waals surface area contributed by atoms with Crippen LogP contribution in [0.15, 0.2) is 12.4 Å². The molecule has 1 aliphatic heterocycles. The minimum Gasteiger partial charge on any atom is -0.476 e. The van der Waals surface area contributed by atoms with Gasteiger partial charge in [-0.1, -0.05) is 0 Å². The Kier molecular flexibility index (Phi) is 3.61. The van der Waals surface area contributed by atoms with E-state index < -0.39 is 5.97 Å². The van der Waals surface area contributed by atoms with Crippen molar-refractivity contribution in [2.45, 2.75) is 6.42 Å². The van der Waals surface area contributed by atoms with Gasteiger partial charge in [-0.15, -0.1) is 0 Å². The number of carboxylic acid groups (broad SMARTS) is 1. The number of aromatic nitrogens is 2. The average molecular weight is 239 g/mol. The van der Waals surface area contributed by atoms with Crippen LogP contribution in [0.4, 0.5) is 5.82 Å². The normalized spacial score (nSPS) is 19.6. The van der Waals surface area contributed by atoms with Gasteiger partial charge in [-0.3, -0.25) is 0 Å². The lowest BCUT2D eigenvalue weighted by atomic mass is 10.1. The first kappa shape index (κ1) is 11.2. The number of aromatic carboxylic acids is 1. The molecule has 5 nitrogen and oxygen atoms in total. The first-order valence-electron chi connectivity index (χ1n) is 5.12. The van der Waals surface area contributed by atoms with E-state index in [-0.39, 0.29) is 5.69 Å². The van der Waals surface area contributed by atoms with E-state index in [0.29, 0.717) is 11.7 Å². The molecule has 0 aliphatic carbocycles. The van der Waals surface area contributed by atoms with Gasteiger partial charge in [0.1, 0.15) is 5.82 Å².